The zero-order chi connectivity index (χ0) is 10.6. The Kier molecular flexibility index (Phi) is 3.83. The third-order valence-electron chi connectivity index (χ3n) is 2.11. The van der Waals surface area contributed by atoms with Crippen molar-refractivity contribution in [3.63, 3.8) is 0 Å². The molecule has 1 rings (SSSR count). The monoisotopic (exact) mass is 196 g/mol. The van der Waals surface area contributed by atoms with Gasteiger partial charge in [-0.1, -0.05) is 0 Å². The lowest BCUT2D eigenvalue weighted by Crippen LogP contribution is -2.21. The van der Waals surface area contributed by atoms with E-state index >= 15 is 0 Å². The van der Waals surface area contributed by atoms with E-state index in [4.69, 9.17) is 4.74 Å². The van der Waals surface area contributed by atoms with Crippen LogP contribution in [0.4, 0.5) is 0 Å². The van der Waals surface area contributed by atoms with Crippen molar-refractivity contribution < 1.29 is 4.74 Å². The number of hydrogen-bond acceptors (Lipinski definition) is 3. The van der Waals surface area contributed by atoms with Gasteiger partial charge in [0.25, 0.3) is 5.56 Å². The number of hydrogen-bond donors (Lipinski definition) is 1. The molecule has 1 heterocycles. The van der Waals surface area contributed by atoms with Crippen LogP contribution in [0, 0.1) is 6.92 Å². The lowest BCUT2D eigenvalue weighted by Gasteiger charge is -2.11. The number of rotatable bonds is 4. The Bertz CT molecular complexity index is 346. The zero-order valence-electron chi connectivity index (χ0n) is 8.83. The molecule has 0 saturated carbocycles. The Hall–Kier alpha value is -1.16. The maximum absolute atomic E-state index is 11.4. The zero-order valence-corrected chi connectivity index (χ0v) is 8.83. The number of H-pyrrole nitrogens is 1. The van der Waals surface area contributed by atoms with Crippen LogP contribution in [-0.4, -0.2) is 22.7 Å². The van der Waals surface area contributed by atoms with E-state index in [2.05, 4.69) is 9.97 Å². The molecule has 1 N–H and O–H groups in total. The van der Waals surface area contributed by atoms with E-state index < -0.39 is 0 Å². The van der Waals surface area contributed by atoms with Crippen LogP contribution in [0.1, 0.15) is 25.1 Å². The largest absolute Gasteiger partial charge is 0.378 e. The number of aromatic amines is 1. The molecule has 1 aromatic rings. The van der Waals surface area contributed by atoms with Crippen LogP contribution in [0.2, 0.25) is 0 Å². The summed E-state index contributed by atoms with van der Waals surface area (Å²) in [5.74, 6) is 0. The molecule has 1 unspecified atom stereocenters. The van der Waals surface area contributed by atoms with Crippen molar-refractivity contribution in [2.75, 3.05) is 6.61 Å². The van der Waals surface area contributed by atoms with E-state index in [1.807, 2.05) is 20.8 Å². The molecule has 4 heteroatoms. The third-order valence-corrected chi connectivity index (χ3v) is 2.11. The van der Waals surface area contributed by atoms with Gasteiger partial charge >= 0.3 is 0 Å². The first-order chi connectivity index (χ1) is 6.65. The fraction of sp³-hybridized carbons (Fsp3) is 0.600. The van der Waals surface area contributed by atoms with Gasteiger partial charge in [0.1, 0.15) is 0 Å². The van der Waals surface area contributed by atoms with Crippen molar-refractivity contribution in [1.29, 1.82) is 0 Å². The average molecular weight is 196 g/mol. The predicted molar refractivity (Wildman–Crippen MR) is 54.4 cm³/mol. The molecule has 0 fully saturated rings. The van der Waals surface area contributed by atoms with Crippen LogP contribution < -0.4 is 5.56 Å². The summed E-state index contributed by atoms with van der Waals surface area (Å²) in [5, 5.41) is 0. The minimum Gasteiger partial charge on any atom is -0.378 e. The van der Waals surface area contributed by atoms with E-state index in [1.54, 1.807) is 0 Å². The molecule has 0 aliphatic heterocycles. The first kappa shape index (κ1) is 10.9. The highest BCUT2D eigenvalue weighted by Crippen LogP contribution is 2.03. The minimum absolute atomic E-state index is 0.0593. The van der Waals surface area contributed by atoms with Crippen molar-refractivity contribution >= 4 is 0 Å². The van der Waals surface area contributed by atoms with Gasteiger partial charge in [0.15, 0.2) is 0 Å². The second-order valence-electron chi connectivity index (χ2n) is 3.27. The first-order valence-electron chi connectivity index (χ1n) is 4.80. The van der Waals surface area contributed by atoms with Crippen molar-refractivity contribution in [1.82, 2.24) is 9.97 Å². The van der Waals surface area contributed by atoms with Crippen LogP contribution in [0.25, 0.3) is 0 Å². The Labute approximate surface area is 83.3 Å². The summed E-state index contributed by atoms with van der Waals surface area (Å²) in [6, 6.07) is 0. The molecule has 1 aromatic heterocycles. The van der Waals surface area contributed by atoms with Crippen LogP contribution in [0.3, 0.4) is 0 Å². The van der Waals surface area contributed by atoms with E-state index in [0.717, 1.165) is 5.69 Å². The highest BCUT2D eigenvalue weighted by molar-refractivity contribution is 5.15. The lowest BCUT2D eigenvalue weighted by molar-refractivity contribution is 0.0764. The van der Waals surface area contributed by atoms with Crippen LogP contribution >= 0.6 is 0 Å². The summed E-state index contributed by atoms with van der Waals surface area (Å²) >= 11 is 0. The Balaban J connectivity index is 2.80. The Morgan fingerprint density at radius 3 is 2.93 bits per heavy atom. The second kappa shape index (κ2) is 4.91. The van der Waals surface area contributed by atoms with Gasteiger partial charge in [0, 0.05) is 24.3 Å². The van der Waals surface area contributed by atoms with Gasteiger partial charge in [-0.05, 0) is 20.8 Å². The molecule has 0 aromatic carbocycles. The maximum Gasteiger partial charge on any atom is 0.254 e. The molecule has 4 nitrogen and oxygen atoms in total. The minimum atomic E-state index is -0.0657. The Morgan fingerprint density at radius 2 is 2.36 bits per heavy atom. The molecule has 0 aliphatic carbocycles. The van der Waals surface area contributed by atoms with E-state index in [0.29, 0.717) is 18.6 Å². The summed E-state index contributed by atoms with van der Waals surface area (Å²) in [6.07, 6.45) is 2.10. The van der Waals surface area contributed by atoms with Crippen LogP contribution in [0.5, 0.6) is 0 Å². The summed E-state index contributed by atoms with van der Waals surface area (Å²) in [7, 11) is 0. The topological polar surface area (TPSA) is 55.0 Å². The number of ether oxygens (including phenoxy) is 1. The van der Waals surface area contributed by atoms with Gasteiger partial charge in [0.2, 0.25) is 0 Å². The summed E-state index contributed by atoms with van der Waals surface area (Å²) < 4.78 is 5.38. The molecule has 14 heavy (non-hydrogen) atoms. The number of aromatic nitrogens is 2. The van der Waals surface area contributed by atoms with Crippen molar-refractivity contribution in [3.8, 4) is 0 Å². The highest BCUT2D eigenvalue weighted by atomic mass is 16.5. The smallest absolute Gasteiger partial charge is 0.254 e. The second-order valence-corrected chi connectivity index (χ2v) is 3.27. The predicted octanol–water partition coefficient (Wildman–Crippen LogP) is 1.05. The molecule has 0 amide bonds. The van der Waals surface area contributed by atoms with Gasteiger partial charge in [0.05, 0.1) is 12.4 Å². The molecule has 0 radical (unpaired) electrons. The van der Waals surface area contributed by atoms with Gasteiger partial charge in [-0.25, -0.2) is 4.98 Å². The normalized spacial score (nSPS) is 12.8. The number of aryl methyl sites for hydroxylation is 1. The summed E-state index contributed by atoms with van der Waals surface area (Å²) in [6.45, 7) is 6.40. The molecule has 78 valence electrons. The molecule has 1 atom stereocenters. The van der Waals surface area contributed by atoms with Gasteiger partial charge in [-0.15, -0.1) is 0 Å². The van der Waals surface area contributed by atoms with Crippen molar-refractivity contribution in [2.24, 2.45) is 0 Å². The number of nitrogens with zero attached hydrogens (tertiary/aromatic N) is 1. The van der Waals surface area contributed by atoms with E-state index in [-0.39, 0.29) is 11.7 Å². The molecule has 0 bridgehead atoms. The van der Waals surface area contributed by atoms with Gasteiger partial charge in [-0.3, -0.25) is 4.79 Å². The standard InChI is InChI=1S/C10H16N2O2/c1-4-14-7(2)5-9-8(3)11-6-12-10(9)13/h6-7H,4-5H2,1-3H3,(H,11,12,13). The Morgan fingerprint density at radius 1 is 1.64 bits per heavy atom. The fourth-order valence-electron chi connectivity index (χ4n) is 1.39. The lowest BCUT2D eigenvalue weighted by atomic mass is 10.1. The molecular formula is C10H16N2O2. The fourth-order valence-corrected chi connectivity index (χ4v) is 1.39. The van der Waals surface area contributed by atoms with Crippen molar-refractivity contribution in [2.45, 2.75) is 33.3 Å². The van der Waals surface area contributed by atoms with E-state index in [9.17, 15) is 4.79 Å². The van der Waals surface area contributed by atoms with Crippen LogP contribution in [0.15, 0.2) is 11.1 Å². The summed E-state index contributed by atoms with van der Waals surface area (Å²) in [5.41, 5.74) is 1.43. The number of nitrogens with one attached hydrogen (secondary N) is 1. The molecular weight excluding hydrogens is 180 g/mol. The van der Waals surface area contributed by atoms with Gasteiger partial charge in [-0.2, -0.15) is 0 Å². The van der Waals surface area contributed by atoms with Crippen molar-refractivity contribution in [3.05, 3.63) is 27.9 Å². The first-order valence-corrected chi connectivity index (χ1v) is 4.80. The summed E-state index contributed by atoms with van der Waals surface area (Å²) in [4.78, 5) is 18.0. The average Bonchev–Trinajstić information content (AvgIpc) is 2.12. The van der Waals surface area contributed by atoms with E-state index in [1.165, 1.54) is 6.33 Å². The maximum atomic E-state index is 11.4. The SMILES string of the molecule is CCOC(C)Cc1c(C)nc[nH]c1=O. The third kappa shape index (κ3) is 2.67. The quantitative estimate of drug-likeness (QED) is 0.783. The van der Waals surface area contributed by atoms with Crippen LogP contribution in [-0.2, 0) is 11.2 Å². The molecule has 0 aliphatic rings. The molecule has 0 spiro atoms. The highest BCUT2D eigenvalue weighted by Gasteiger charge is 2.09. The molecule has 0 saturated heterocycles. The van der Waals surface area contributed by atoms with Gasteiger partial charge < -0.3 is 9.72 Å².